The summed E-state index contributed by atoms with van der Waals surface area (Å²) in [6.07, 6.45) is 2.62. The van der Waals surface area contributed by atoms with Crippen LogP contribution < -0.4 is 5.32 Å². The summed E-state index contributed by atoms with van der Waals surface area (Å²) in [5, 5.41) is 11.8. The topological polar surface area (TPSA) is 66.4 Å². The first-order chi connectivity index (χ1) is 9.86. The zero-order valence-corrected chi connectivity index (χ0v) is 12.6. The minimum absolute atomic E-state index is 0.242. The van der Waals surface area contributed by atoms with Crippen molar-refractivity contribution in [2.45, 2.75) is 46.1 Å². The molecule has 2 N–H and O–H groups in total. The fourth-order valence-corrected chi connectivity index (χ4v) is 2.06. The molecular formula is C16H22FNO3. The highest BCUT2D eigenvalue weighted by Crippen LogP contribution is 2.18. The predicted octanol–water partition coefficient (Wildman–Crippen LogP) is 3.20. The maximum Gasteiger partial charge on any atom is 0.330 e. The highest BCUT2D eigenvalue weighted by Gasteiger charge is 2.24. The molecule has 0 aromatic heterocycles. The van der Waals surface area contributed by atoms with Crippen molar-refractivity contribution < 1.29 is 19.1 Å². The van der Waals surface area contributed by atoms with Gasteiger partial charge in [-0.1, -0.05) is 38.8 Å². The van der Waals surface area contributed by atoms with Crippen LogP contribution in [0, 0.1) is 18.7 Å². The molecule has 1 aromatic rings. The van der Waals surface area contributed by atoms with Gasteiger partial charge in [0.15, 0.2) is 6.04 Å². The summed E-state index contributed by atoms with van der Waals surface area (Å²) in [6, 6.07) is 2.90. The Morgan fingerprint density at radius 3 is 2.57 bits per heavy atom. The molecule has 0 spiro atoms. The zero-order valence-electron chi connectivity index (χ0n) is 12.6. The highest BCUT2D eigenvalue weighted by atomic mass is 19.1. The van der Waals surface area contributed by atoms with Crippen LogP contribution in [0.1, 0.15) is 50.3 Å². The van der Waals surface area contributed by atoms with Crippen LogP contribution in [0.2, 0.25) is 0 Å². The number of carbonyl (C=O) groups excluding carboxylic acids is 1. The van der Waals surface area contributed by atoms with E-state index in [2.05, 4.69) is 5.32 Å². The third kappa shape index (κ3) is 4.85. The number of halogens is 1. The van der Waals surface area contributed by atoms with Crippen LogP contribution in [0.25, 0.3) is 0 Å². The first-order valence-corrected chi connectivity index (χ1v) is 7.16. The van der Waals surface area contributed by atoms with E-state index in [1.807, 2.05) is 6.92 Å². The van der Waals surface area contributed by atoms with Gasteiger partial charge in [0, 0.05) is 5.92 Å². The Bertz CT molecular complexity index is 516. The lowest BCUT2D eigenvalue weighted by atomic mass is 10.0. The second kappa shape index (κ2) is 7.76. The summed E-state index contributed by atoms with van der Waals surface area (Å²) in [7, 11) is 0. The van der Waals surface area contributed by atoms with Crippen LogP contribution in [0.4, 0.5) is 4.39 Å². The van der Waals surface area contributed by atoms with E-state index in [1.165, 1.54) is 18.2 Å². The second-order valence-electron chi connectivity index (χ2n) is 5.33. The van der Waals surface area contributed by atoms with Gasteiger partial charge in [0.25, 0.3) is 0 Å². The van der Waals surface area contributed by atoms with E-state index >= 15 is 0 Å². The Morgan fingerprint density at radius 2 is 2.05 bits per heavy atom. The largest absolute Gasteiger partial charge is 0.479 e. The molecule has 1 aromatic carbocycles. The average Bonchev–Trinajstić information content (AvgIpc) is 2.44. The number of carbonyl (C=O) groups is 2. The number of benzene rings is 1. The molecule has 0 saturated carbocycles. The molecule has 5 heteroatoms. The molecule has 0 aliphatic carbocycles. The van der Waals surface area contributed by atoms with Gasteiger partial charge in [0.2, 0.25) is 5.91 Å². The predicted molar refractivity (Wildman–Crippen MR) is 78.3 cm³/mol. The van der Waals surface area contributed by atoms with E-state index in [1.54, 1.807) is 13.8 Å². The second-order valence-corrected chi connectivity index (χ2v) is 5.33. The van der Waals surface area contributed by atoms with Crippen molar-refractivity contribution in [2.24, 2.45) is 5.92 Å². The van der Waals surface area contributed by atoms with Crippen LogP contribution in [-0.2, 0) is 9.59 Å². The molecule has 2 atom stereocenters. The van der Waals surface area contributed by atoms with Crippen molar-refractivity contribution in [1.82, 2.24) is 5.32 Å². The van der Waals surface area contributed by atoms with Crippen molar-refractivity contribution in [3.8, 4) is 0 Å². The molecule has 1 rings (SSSR count). The van der Waals surface area contributed by atoms with Crippen LogP contribution in [0.3, 0.4) is 0 Å². The van der Waals surface area contributed by atoms with E-state index in [0.29, 0.717) is 11.1 Å². The van der Waals surface area contributed by atoms with Gasteiger partial charge in [-0.05, 0) is 30.5 Å². The maximum atomic E-state index is 13.3. The number of amides is 1. The van der Waals surface area contributed by atoms with E-state index < -0.39 is 17.8 Å². The first kappa shape index (κ1) is 17.1. The van der Waals surface area contributed by atoms with E-state index in [-0.39, 0.29) is 11.8 Å². The minimum Gasteiger partial charge on any atom is -0.479 e. The van der Waals surface area contributed by atoms with Gasteiger partial charge in [-0.2, -0.15) is 0 Å². The summed E-state index contributed by atoms with van der Waals surface area (Å²) in [4.78, 5) is 23.4. The van der Waals surface area contributed by atoms with Gasteiger partial charge in [-0.15, -0.1) is 0 Å². The number of aryl methyl sites for hydroxylation is 1. The molecule has 0 heterocycles. The standard InChI is InChI=1S/C16H22FNO3/c1-4-5-6-10(2)15(19)18-14(16(20)21)12-7-8-13(17)11(3)9-12/h7-10,14H,4-6H2,1-3H3,(H,18,19)(H,20,21). The number of aliphatic carboxylic acids is 1. The highest BCUT2D eigenvalue weighted by molar-refractivity contribution is 5.85. The summed E-state index contributed by atoms with van der Waals surface area (Å²) in [5.41, 5.74) is 0.726. The third-order valence-electron chi connectivity index (χ3n) is 3.49. The molecule has 0 fully saturated rings. The van der Waals surface area contributed by atoms with Crippen molar-refractivity contribution in [2.75, 3.05) is 0 Å². The van der Waals surface area contributed by atoms with Crippen molar-refractivity contribution in [3.63, 3.8) is 0 Å². The van der Waals surface area contributed by atoms with Crippen molar-refractivity contribution >= 4 is 11.9 Å². The summed E-state index contributed by atoms with van der Waals surface area (Å²) < 4.78 is 13.3. The summed E-state index contributed by atoms with van der Waals surface area (Å²) >= 11 is 0. The maximum absolute atomic E-state index is 13.3. The molecule has 0 aliphatic heterocycles. The lowest BCUT2D eigenvalue weighted by Gasteiger charge is -2.18. The fourth-order valence-electron chi connectivity index (χ4n) is 2.06. The summed E-state index contributed by atoms with van der Waals surface area (Å²) in [6.45, 7) is 5.37. The fraction of sp³-hybridized carbons (Fsp3) is 0.500. The van der Waals surface area contributed by atoms with Crippen LogP contribution in [0.5, 0.6) is 0 Å². The number of nitrogens with one attached hydrogen (secondary N) is 1. The molecule has 21 heavy (non-hydrogen) atoms. The normalized spacial score (nSPS) is 13.5. The SMILES string of the molecule is CCCCC(C)C(=O)NC(C(=O)O)c1ccc(F)c(C)c1. The number of hydrogen-bond acceptors (Lipinski definition) is 2. The molecule has 2 unspecified atom stereocenters. The van der Waals surface area contributed by atoms with Crippen molar-refractivity contribution in [3.05, 3.63) is 35.1 Å². The van der Waals surface area contributed by atoms with E-state index in [4.69, 9.17) is 0 Å². The number of carboxylic acid groups (broad SMARTS) is 1. The van der Waals surface area contributed by atoms with Crippen LogP contribution in [0.15, 0.2) is 18.2 Å². The Labute approximate surface area is 124 Å². The van der Waals surface area contributed by atoms with Gasteiger partial charge in [0.1, 0.15) is 5.82 Å². The quantitative estimate of drug-likeness (QED) is 0.811. The smallest absolute Gasteiger partial charge is 0.330 e. The Kier molecular flexibility index (Phi) is 6.34. The Balaban J connectivity index is 2.85. The number of carboxylic acids is 1. The molecule has 0 aliphatic rings. The molecular weight excluding hydrogens is 273 g/mol. The van der Waals surface area contributed by atoms with Gasteiger partial charge in [-0.25, -0.2) is 9.18 Å². The molecule has 0 radical (unpaired) electrons. The lowest BCUT2D eigenvalue weighted by Crippen LogP contribution is -2.37. The van der Waals surface area contributed by atoms with Gasteiger partial charge in [-0.3, -0.25) is 4.79 Å². The third-order valence-corrected chi connectivity index (χ3v) is 3.49. The van der Waals surface area contributed by atoms with Crippen LogP contribution in [-0.4, -0.2) is 17.0 Å². The Hall–Kier alpha value is -1.91. The average molecular weight is 295 g/mol. The number of unbranched alkanes of at least 4 members (excludes halogenated alkanes) is 1. The van der Waals surface area contributed by atoms with Gasteiger partial charge in [0.05, 0.1) is 0 Å². The monoisotopic (exact) mass is 295 g/mol. The molecule has 0 saturated heterocycles. The van der Waals surface area contributed by atoms with Gasteiger partial charge >= 0.3 is 5.97 Å². The number of hydrogen-bond donors (Lipinski definition) is 2. The Morgan fingerprint density at radius 1 is 1.38 bits per heavy atom. The van der Waals surface area contributed by atoms with E-state index in [9.17, 15) is 19.1 Å². The van der Waals surface area contributed by atoms with Crippen LogP contribution >= 0.6 is 0 Å². The molecule has 116 valence electrons. The first-order valence-electron chi connectivity index (χ1n) is 7.16. The lowest BCUT2D eigenvalue weighted by molar-refractivity contribution is -0.142. The molecule has 4 nitrogen and oxygen atoms in total. The minimum atomic E-state index is -1.16. The zero-order chi connectivity index (χ0) is 16.0. The summed E-state index contributed by atoms with van der Waals surface area (Å²) in [5.74, 6) is -2.09. The number of rotatable bonds is 7. The molecule has 1 amide bonds. The van der Waals surface area contributed by atoms with Crippen molar-refractivity contribution in [1.29, 1.82) is 0 Å². The van der Waals surface area contributed by atoms with E-state index in [0.717, 1.165) is 19.3 Å². The van der Waals surface area contributed by atoms with Gasteiger partial charge < -0.3 is 10.4 Å². The molecule has 0 bridgehead atoms.